The zero-order valence-corrected chi connectivity index (χ0v) is 8.48. The summed E-state index contributed by atoms with van der Waals surface area (Å²) >= 11 is 0. The second kappa shape index (κ2) is 4.48. The quantitative estimate of drug-likeness (QED) is 0.730. The van der Waals surface area contributed by atoms with Gasteiger partial charge < -0.3 is 5.32 Å². The molecule has 14 heavy (non-hydrogen) atoms. The molecule has 1 N–H and O–H groups in total. The topological polar surface area (TPSA) is 41.1 Å². The zero-order valence-electron chi connectivity index (χ0n) is 8.48. The van der Waals surface area contributed by atoms with Crippen LogP contribution in [-0.4, -0.2) is 40.5 Å². The van der Waals surface area contributed by atoms with E-state index in [2.05, 4.69) is 27.1 Å². The molecule has 0 spiro atoms. The van der Waals surface area contributed by atoms with Gasteiger partial charge in [0, 0.05) is 50.2 Å². The van der Waals surface area contributed by atoms with Crippen LogP contribution in [0.15, 0.2) is 18.7 Å². The highest BCUT2D eigenvalue weighted by molar-refractivity contribution is 5.02. The Kier molecular flexibility index (Phi) is 3.06. The van der Waals surface area contributed by atoms with E-state index in [1.165, 1.54) is 5.56 Å². The molecule has 0 aliphatic carbocycles. The molecule has 0 aromatic carbocycles. The lowest BCUT2D eigenvalue weighted by Gasteiger charge is -2.31. The van der Waals surface area contributed by atoms with E-state index in [1.807, 2.05) is 12.4 Å². The molecule has 0 radical (unpaired) electrons. The van der Waals surface area contributed by atoms with Gasteiger partial charge >= 0.3 is 0 Å². The molecule has 2 rings (SSSR count). The zero-order chi connectivity index (χ0) is 9.80. The molecule has 1 atom stereocenters. The largest absolute Gasteiger partial charge is 0.312 e. The molecule has 1 fully saturated rings. The Balaban J connectivity index is 1.91. The molecule has 1 aromatic heterocycles. The van der Waals surface area contributed by atoms with E-state index in [9.17, 15) is 0 Å². The first kappa shape index (κ1) is 9.55. The summed E-state index contributed by atoms with van der Waals surface area (Å²) in [6.45, 7) is 6.48. The van der Waals surface area contributed by atoms with Crippen LogP contribution in [0.2, 0.25) is 0 Å². The normalized spacial score (nSPS) is 23.6. The molecule has 1 saturated heterocycles. The fourth-order valence-corrected chi connectivity index (χ4v) is 1.83. The fourth-order valence-electron chi connectivity index (χ4n) is 1.83. The molecule has 4 nitrogen and oxygen atoms in total. The van der Waals surface area contributed by atoms with E-state index in [0.29, 0.717) is 6.04 Å². The number of nitrogens with zero attached hydrogens (tertiary/aromatic N) is 3. The summed E-state index contributed by atoms with van der Waals surface area (Å²) in [5.41, 5.74) is 1.20. The van der Waals surface area contributed by atoms with E-state index < -0.39 is 0 Å². The van der Waals surface area contributed by atoms with Crippen molar-refractivity contribution >= 4 is 0 Å². The summed E-state index contributed by atoms with van der Waals surface area (Å²) in [5.74, 6) is 0. The van der Waals surface area contributed by atoms with Gasteiger partial charge in [0.1, 0.15) is 6.33 Å². The minimum atomic E-state index is 0.591. The summed E-state index contributed by atoms with van der Waals surface area (Å²) in [4.78, 5) is 10.5. The van der Waals surface area contributed by atoms with Crippen molar-refractivity contribution in [2.45, 2.75) is 19.5 Å². The lowest BCUT2D eigenvalue weighted by atomic mass is 10.2. The third-order valence-electron chi connectivity index (χ3n) is 2.47. The second-order valence-corrected chi connectivity index (χ2v) is 3.84. The van der Waals surface area contributed by atoms with Gasteiger partial charge in [0.15, 0.2) is 0 Å². The summed E-state index contributed by atoms with van der Waals surface area (Å²) in [6, 6.07) is 0.591. The van der Waals surface area contributed by atoms with Gasteiger partial charge in [-0.2, -0.15) is 0 Å². The van der Waals surface area contributed by atoms with E-state index in [0.717, 1.165) is 26.2 Å². The van der Waals surface area contributed by atoms with Gasteiger partial charge in [-0.1, -0.05) is 0 Å². The molecule has 76 valence electrons. The molecule has 0 saturated carbocycles. The fraction of sp³-hybridized carbons (Fsp3) is 0.600. The average molecular weight is 192 g/mol. The van der Waals surface area contributed by atoms with Crippen LogP contribution < -0.4 is 5.32 Å². The summed E-state index contributed by atoms with van der Waals surface area (Å²) in [5, 5.41) is 3.42. The van der Waals surface area contributed by atoms with E-state index >= 15 is 0 Å². The van der Waals surface area contributed by atoms with Crippen LogP contribution in [0, 0.1) is 0 Å². The van der Waals surface area contributed by atoms with Gasteiger partial charge in [-0.3, -0.25) is 4.90 Å². The lowest BCUT2D eigenvalue weighted by molar-refractivity contribution is 0.199. The smallest absolute Gasteiger partial charge is 0.115 e. The molecule has 0 bridgehead atoms. The lowest BCUT2D eigenvalue weighted by Crippen LogP contribution is -2.48. The number of aromatic nitrogens is 2. The second-order valence-electron chi connectivity index (χ2n) is 3.84. The number of rotatable bonds is 2. The first-order valence-electron chi connectivity index (χ1n) is 5.04. The molecule has 1 aliphatic rings. The van der Waals surface area contributed by atoms with Crippen molar-refractivity contribution in [3.63, 3.8) is 0 Å². The van der Waals surface area contributed by atoms with E-state index in [4.69, 9.17) is 0 Å². The molecule has 2 heterocycles. The summed E-state index contributed by atoms with van der Waals surface area (Å²) in [6.07, 6.45) is 5.35. The maximum Gasteiger partial charge on any atom is 0.115 e. The Bertz CT molecular complexity index is 275. The molecule has 0 amide bonds. The number of hydrogen-bond acceptors (Lipinski definition) is 4. The molecule has 4 heteroatoms. The Morgan fingerprint density at radius 3 is 3.00 bits per heavy atom. The van der Waals surface area contributed by atoms with Gasteiger partial charge in [-0.15, -0.1) is 0 Å². The van der Waals surface area contributed by atoms with Gasteiger partial charge in [0.05, 0.1) is 0 Å². The summed E-state index contributed by atoms with van der Waals surface area (Å²) < 4.78 is 0. The monoisotopic (exact) mass is 192 g/mol. The van der Waals surface area contributed by atoms with Crippen molar-refractivity contribution in [1.82, 2.24) is 20.2 Å². The van der Waals surface area contributed by atoms with Crippen LogP contribution in [0.1, 0.15) is 12.5 Å². The molecule has 1 aromatic rings. The maximum absolute atomic E-state index is 4.02. The Morgan fingerprint density at radius 2 is 2.29 bits per heavy atom. The Morgan fingerprint density at radius 1 is 1.50 bits per heavy atom. The van der Waals surface area contributed by atoms with Gasteiger partial charge in [0.2, 0.25) is 0 Å². The highest BCUT2D eigenvalue weighted by Crippen LogP contribution is 2.04. The average Bonchev–Trinajstić information content (AvgIpc) is 2.19. The third-order valence-corrected chi connectivity index (χ3v) is 2.47. The van der Waals surface area contributed by atoms with Gasteiger partial charge in [-0.05, 0) is 6.92 Å². The maximum atomic E-state index is 4.02. The highest BCUT2D eigenvalue weighted by Gasteiger charge is 2.15. The minimum Gasteiger partial charge on any atom is -0.312 e. The molecule has 1 aliphatic heterocycles. The van der Waals surface area contributed by atoms with Crippen LogP contribution >= 0.6 is 0 Å². The highest BCUT2D eigenvalue weighted by atomic mass is 15.2. The van der Waals surface area contributed by atoms with Crippen LogP contribution in [0.25, 0.3) is 0 Å². The standard InChI is InChI=1S/C10H16N4/c1-9-6-14(3-2-13-9)7-10-4-11-8-12-5-10/h4-5,8-9,13H,2-3,6-7H2,1H3/t9-/m1/s1. The summed E-state index contributed by atoms with van der Waals surface area (Å²) in [7, 11) is 0. The Labute approximate surface area is 84.4 Å². The van der Waals surface area contributed by atoms with Crippen molar-refractivity contribution in [2.24, 2.45) is 0 Å². The van der Waals surface area contributed by atoms with Crippen molar-refractivity contribution < 1.29 is 0 Å². The minimum absolute atomic E-state index is 0.591. The first-order chi connectivity index (χ1) is 6.84. The number of hydrogen-bond donors (Lipinski definition) is 1. The van der Waals surface area contributed by atoms with Crippen LogP contribution in [-0.2, 0) is 6.54 Å². The van der Waals surface area contributed by atoms with Crippen molar-refractivity contribution in [2.75, 3.05) is 19.6 Å². The number of piperazine rings is 1. The van der Waals surface area contributed by atoms with Crippen molar-refractivity contribution in [3.8, 4) is 0 Å². The van der Waals surface area contributed by atoms with Crippen LogP contribution in [0.3, 0.4) is 0 Å². The van der Waals surface area contributed by atoms with Gasteiger partial charge in [0.25, 0.3) is 0 Å². The predicted molar refractivity (Wildman–Crippen MR) is 54.8 cm³/mol. The number of nitrogens with one attached hydrogen (secondary N) is 1. The van der Waals surface area contributed by atoms with Gasteiger partial charge in [-0.25, -0.2) is 9.97 Å². The van der Waals surface area contributed by atoms with Crippen LogP contribution in [0.4, 0.5) is 0 Å². The van der Waals surface area contributed by atoms with Crippen molar-refractivity contribution in [1.29, 1.82) is 0 Å². The van der Waals surface area contributed by atoms with Crippen LogP contribution in [0.5, 0.6) is 0 Å². The molecule has 0 unspecified atom stereocenters. The molecular weight excluding hydrogens is 176 g/mol. The molecular formula is C10H16N4. The third kappa shape index (κ3) is 2.49. The SMILES string of the molecule is C[C@@H]1CN(Cc2cncnc2)CCN1. The van der Waals surface area contributed by atoms with Crippen molar-refractivity contribution in [3.05, 3.63) is 24.3 Å². The predicted octanol–water partition coefficient (Wildman–Crippen LogP) is 0.270. The van der Waals surface area contributed by atoms with E-state index in [1.54, 1.807) is 6.33 Å². The Hall–Kier alpha value is -1.00. The van der Waals surface area contributed by atoms with E-state index in [-0.39, 0.29) is 0 Å². The first-order valence-corrected chi connectivity index (χ1v) is 5.04.